The van der Waals surface area contributed by atoms with Crippen LogP contribution in [0.2, 0.25) is 0 Å². The lowest BCUT2D eigenvalue weighted by molar-refractivity contribution is -0.134. The minimum atomic E-state index is -4.41. The normalized spacial score (nSPS) is 21.4. The minimum absolute atomic E-state index is 0.137. The first-order chi connectivity index (χ1) is 8.29. The van der Waals surface area contributed by atoms with Crippen molar-refractivity contribution in [2.75, 3.05) is 13.2 Å². The van der Waals surface area contributed by atoms with Gasteiger partial charge in [0.15, 0.2) is 9.84 Å². The van der Waals surface area contributed by atoms with E-state index in [-0.39, 0.29) is 17.9 Å². The Balaban J connectivity index is 2.12. The van der Waals surface area contributed by atoms with Crippen molar-refractivity contribution in [2.45, 2.75) is 23.6 Å². The number of thiophene rings is 1. The van der Waals surface area contributed by atoms with E-state index in [1.54, 1.807) is 0 Å². The topological polar surface area (TPSA) is 43.4 Å². The predicted molar refractivity (Wildman–Crippen MR) is 61.2 cm³/mol. The van der Waals surface area contributed by atoms with Crippen LogP contribution in [0, 0.1) is 0 Å². The van der Waals surface area contributed by atoms with Crippen molar-refractivity contribution in [2.24, 2.45) is 0 Å². The van der Waals surface area contributed by atoms with Crippen LogP contribution in [0.4, 0.5) is 13.2 Å². The molecule has 8 heteroatoms. The van der Waals surface area contributed by atoms with E-state index in [1.165, 1.54) is 5.38 Å². The van der Waals surface area contributed by atoms with Crippen LogP contribution in [-0.2, 0) is 26.5 Å². The van der Waals surface area contributed by atoms with Gasteiger partial charge in [0.25, 0.3) is 0 Å². The Morgan fingerprint density at radius 3 is 2.67 bits per heavy atom. The summed E-state index contributed by atoms with van der Waals surface area (Å²) in [5.74, 6) is -0.354. The molecule has 0 aromatic carbocycles. The van der Waals surface area contributed by atoms with Crippen LogP contribution in [0.15, 0.2) is 11.4 Å². The van der Waals surface area contributed by atoms with Crippen LogP contribution >= 0.6 is 11.3 Å². The molecule has 0 amide bonds. The van der Waals surface area contributed by atoms with E-state index in [9.17, 15) is 21.6 Å². The van der Waals surface area contributed by atoms with Crippen LogP contribution < -0.4 is 0 Å². The van der Waals surface area contributed by atoms with Crippen LogP contribution in [0.25, 0.3) is 0 Å². The number of hydrogen-bond donors (Lipinski definition) is 0. The van der Waals surface area contributed by atoms with Gasteiger partial charge in [-0.05, 0) is 23.4 Å². The van der Waals surface area contributed by atoms with E-state index in [0.29, 0.717) is 24.4 Å². The summed E-state index contributed by atoms with van der Waals surface area (Å²) in [6.07, 6.45) is -4.00. The summed E-state index contributed by atoms with van der Waals surface area (Å²) < 4.78 is 65.9. The van der Waals surface area contributed by atoms with Gasteiger partial charge in [-0.2, -0.15) is 13.2 Å². The highest BCUT2D eigenvalue weighted by Gasteiger charge is 2.34. The Bertz CT molecular complexity index is 513. The Morgan fingerprint density at radius 2 is 2.17 bits per heavy atom. The van der Waals surface area contributed by atoms with E-state index in [1.807, 2.05) is 0 Å². The average molecular weight is 300 g/mol. The summed E-state index contributed by atoms with van der Waals surface area (Å²) in [5.41, 5.74) is 0.194. The molecule has 0 saturated carbocycles. The van der Waals surface area contributed by atoms with Gasteiger partial charge in [0.05, 0.1) is 17.6 Å². The molecule has 0 bridgehead atoms. The summed E-state index contributed by atoms with van der Waals surface area (Å²) in [4.78, 5) is -0.768. The monoisotopic (exact) mass is 300 g/mol. The molecule has 1 saturated heterocycles. The van der Waals surface area contributed by atoms with Gasteiger partial charge in [0.2, 0.25) is 0 Å². The lowest BCUT2D eigenvalue weighted by Gasteiger charge is -2.08. The number of rotatable bonds is 3. The van der Waals surface area contributed by atoms with Gasteiger partial charge < -0.3 is 4.74 Å². The molecule has 1 aromatic rings. The van der Waals surface area contributed by atoms with Gasteiger partial charge in [-0.25, -0.2) is 8.42 Å². The third kappa shape index (κ3) is 3.04. The van der Waals surface area contributed by atoms with Crippen molar-refractivity contribution in [1.82, 2.24) is 0 Å². The van der Waals surface area contributed by atoms with Gasteiger partial charge in [-0.1, -0.05) is 0 Å². The molecule has 1 aromatic heterocycles. The molecule has 1 fully saturated rings. The zero-order valence-electron chi connectivity index (χ0n) is 9.24. The fourth-order valence-electron chi connectivity index (χ4n) is 1.75. The van der Waals surface area contributed by atoms with Crippen LogP contribution in [-0.4, -0.2) is 26.9 Å². The van der Waals surface area contributed by atoms with E-state index in [4.69, 9.17) is 4.74 Å². The third-order valence-electron chi connectivity index (χ3n) is 2.70. The summed E-state index contributed by atoms with van der Waals surface area (Å²) in [7, 11) is -3.43. The van der Waals surface area contributed by atoms with E-state index >= 15 is 0 Å². The summed E-state index contributed by atoms with van der Waals surface area (Å²) in [6, 6.07) is 0.901. The second-order valence-corrected chi connectivity index (χ2v) is 7.30. The number of sulfone groups is 1. The van der Waals surface area contributed by atoms with Gasteiger partial charge in [-0.15, -0.1) is 11.3 Å². The summed E-state index contributed by atoms with van der Waals surface area (Å²) in [6.45, 7) is 0.528. The molecule has 1 atom stereocenters. The highest BCUT2D eigenvalue weighted by molar-refractivity contribution is 7.91. The Hall–Kier alpha value is -0.600. The molecule has 2 rings (SSSR count). The first-order valence-corrected chi connectivity index (χ1v) is 7.82. The molecule has 18 heavy (non-hydrogen) atoms. The molecule has 1 aliphatic heterocycles. The zero-order chi connectivity index (χ0) is 13.4. The van der Waals surface area contributed by atoms with E-state index in [2.05, 4.69) is 0 Å². The quantitative estimate of drug-likeness (QED) is 0.861. The first-order valence-electron chi connectivity index (χ1n) is 5.23. The first kappa shape index (κ1) is 13.8. The second-order valence-electron chi connectivity index (χ2n) is 4.11. The maximum Gasteiger partial charge on any atom is 0.425 e. The molecule has 0 N–H and O–H groups in total. The fraction of sp³-hybridized carbons (Fsp3) is 0.600. The molecular weight excluding hydrogens is 289 g/mol. The highest BCUT2D eigenvalue weighted by Crippen LogP contribution is 2.34. The van der Waals surface area contributed by atoms with Crippen LogP contribution in [0.1, 0.15) is 16.9 Å². The highest BCUT2D eigenvalue weighted by atomic mass is 32.2. The third-order valence-corrected chi connectivity index (χ3v) is 5.84. The lowest BCUT2D eigenvalue weighted by atomic mass is 10.3. The van der Waals surface area contributed by atoms with Gasteiger partial charge in [0, 0.05) is 6.61 Å². The maximum atomic E-state index is 12.4. The molecule has 0 radical (unpaired) electrons. The molecule has 2 heterocycles. The van der Waals surface area contributed by atoms with Crippen molar-refractivity contribution in [1.29, 1.82) is 0 Å². The molecule has 102 valence electrons. The van der Waals surface area contributed by atoms with Crippen molar-refractivity contribution in [3.05, 3.63) is 21.9 Å². The van der Waals surface area contributed by atoms with Crippen molar-refractivity contribution < 1.29 is 26.3 Å². The smallest absolute Gasteiger partial charge is 0.380 e. The largest absolute Gasteiger partial charge is 0.425 e. The van der Waals surface area contributed by atoms with Crippen LogP contribution in [0.3, 0.4) is 0 Å². The summed E-state index contributed by atoms with van der Waals surface area (Å²) in [5, 5.41) is 0.655. The lowest BCUT2D eigenvalue weighted by Crippen LogP contribution is -2.22. The number of hydrogen-bond acceptors (Lipinski definition) is 4. The van der Waals surface area contributed by atoms with E-state index < -0.39 is 26.1 Å². The minimum Gasteiger partial charge on any atom is -0.380 e. The standard InChI is InChI=1S/C10H11F3O3S2/c11-10(12,13)9-3-7(5-17-9)6-18(14,15)8-1-2-16-4-8/h3,5,8H,1-2,4,6H2. The average Bonchev–Trinajstić information content (AvgIpc) is 2.83. The Labute approximate surface area is 106 Å². The van der Waals surface area contributed by atoms with Crippen LogP contribution in [0.5, 0.6) is 0 Å². The maximum absolute atomic E-state index is 12.4. The Morgan fingerprint density at radius 1 is 1.44 bits per heavy atom. The van der Waals surface area contributed by atoms with Crippen molar-refractivity contribution in [3.63, 3.8) is 0 Å². The fourth-order valence-corrected chi connectivity index (χ4v) is 4.26. The predicted octanol–water partition coefficient (Wildman–Crippen LogP) is 2.47. The molecule has 3 nitrogen and oxygen atoms in total. The summed E-state index contributed by atoms with van der Waals surface area (Å²) >= 11 is 0.519. The zero-order valence-corrected chi connectivity index (χ0v) is 10.9. The Kier molecular flexibility index (Phi) is 3.70. The molecular formula is C10H11F3O3S2. The van der Waals surface area contributed by atoms with Crippen molar-refractivity contribution in [3.8, 4) is 0 Å². The number of alkyl halides is 3. The molecule has 1 aliphatic rings. The second kappa shape index (κ2) is 4.82. The van der Waals surface area contributed by atoms with Crippen molar-refractivity contribution >= 4 is 21.2 Å². The van der Waals surface area contributed by atoms with E-state index in [0.717, 1.165) is 6.07 Å². The molecule has 0 aliphatic carbocycles. The van der Waals surface area contributed by atoms with Gasteiger partial charge in [-0.3, -0.25) is 0 Å². The number of halogens is 3. The molecule has 0 spiro atoms. The molecule has 1 unspecified atom stereocenters. The number of ether oxygens (including phenoxy) is 1. The van der Waals surface area contributed by atoms with Gasteiger partial charge >= 0.3 is 6.18 Å². The SMILES string of the molecule is O=S(=O)(Cc1csc(C(F)(F)F)c1)C1CCOC1. The van der Waals surface area contributed by atoms with Gasteiger partial charge in [0.1, 0.15) is 4.88 Å².